The van der Waals surface area contributed by atoms with Crippen molar-refractivity contribution < 1.29 is 4.74 Å². The topological polar surface area (TPSA) is 9.23 Å². The van der Waals surface area contributed by atoms with Crippen molar-refractivity contribution in [2.75, 3.05) is 0 Å². The summed E-state index contributed by atoms with van der Waals surface area (Å²) in [6.07, 6.45) is 6.00. The molecule has 0 unspecified atom stereocenters. The van der Waals surface area contributed by atoms with E-state index in [1.165, 1.54) is 12.8 Å². The van der Waals surface area contributed by atoms with E-state index in [0.29, 0.717) is 11.8 Å². The van der Waals surface area contributed by atoms with E-state index >= 15 is 0 Å². The zero-order chi connectivity index (χ0) is 18.4. The lowest BCUT2D eigenvalue weighted by molar-refractivity contribution is 0.0260. The molecule has 0 heterocycles. The van der Waals surface area contributed by atoms with Gasteiger partial charge in [-0.05, 0) is 42.2 Å². The molecule has 0 aromatic heterocycles. The Kier molecular flexibility index (Phi) is 6.36. The van der Waals surface area contributed by atoms with Crippen molar-refractivity contribution in [1.29, 1.82) is 0 Å². The lowest BCUT2D eigenvalue weighted by Gasteiger charge is -2.37. The molecule has 1 heteroatoms. The highest BCUT2D eigenvalue weighted by atomic mass is 16.5. The van der Waals surface area contributed by atoms with Crippen molar-refractivity contribution in [3.8, 4) is 0 Å². The standard InChI is InChI=1S/C25H30O/c1-19(2)23-16-14-20(3)18-25(23)26-24(22-12-8-5-9-13-22)17-15-21-10-6-4-7-11-21/h4-13,15,19-20,23,25H,14,16,18H2,1-3H3/t17?,20-,23+,25-/m1/s1. The van der Waals surface area contributed by atoms with E-state index in [1.807, 2.05) is 30.3 Å². The average molecular weight is 347 g/mol. The molecule has 3 rings (SSSR count). The van der Waals surface area contributed by atoms with Crippen LogP contribution in [0.25, 0.3) is 11.8 Å². The van der Waals surface area contributed by atoms with Crippen molar-refractivity contribution in [2.24, 2.45) is 17.8 Å². The van der Waals surface area contributed by atoms with Gasteiger partial charge in [0.15, 0.2) is 5.76 Å². The Labute approximate surface area is 158 Å². The van der Waals surface area contributed by atoms with Gasteiger partial charge in [-0.2, -0.15) is 0 Å². The molecule has 0 radical (unpaired) electrons. The third-order valence-corrected chi connectivity index (χ3v) is 5.44. The van der Waals surface area contributed by atoms with Crippen LogP contribution in [0.1, 0.15) is 51.2 Å². The molecule has 3 atom stereocenters. The van der Waals surface area contributed by atoms with Gasteiger partial charge in [-0.15, -0.1) is 0 Å². The molecule has 0 spiro atoms. The van der Waals surface area contributed by atoms with Gasteiger partial charge < -0.3 is 4.74 Å². The van der Waals surface area contributed by atoms with Gasteiger partial charge in [-0.3, -0.25) is 0 Å². The molecular weight excluding hydrogens is 316 g/mol. The Hall–Kier alpha value is -2.24. The highest BCUT2D eigenvalue weighted by Gasteiger charge is 2.32. The quantitative estimate of drug-likeness (QED) is 0.426. The monoisotopic (exact) mass is 346 g/mol. The summed E-state index contributed by atoms with van der Waals surface area (Å²) in [5, 5.41) is 0. The number of rotatable bonds is 5. The molecule has 1 nitrogen and oxygen atoms in total. The fraction of sp³-hybridized carbons (Fsp3) is 0.400. The maximum atomic E-state index is 6.62. The maximum absolute atomic E-state index is 6.62. The fourth-order valence-corrected chi connectivity index (χ4v) is 3.87. The van der Waals surface area contributed by atoms with Crippen LogP contribution in [0.15, 0.2) is 66.4 Å². The molecule has 2 aromatic rings. The Morgan fingerprint density at radius 3 is 2.31 bits per heavy atom. The second kappa shape index (κ2) is 8.92. The van der Waals surface area contributed by atoms with E-state index < -0.39 is 0 Å². The second-order valence-electron chi connectivity index (χ2n) is 7.88. The van der Waals surface area contributed by atoms with Crippen molar-refractivity contribution in [1.82, 2.24) is 0 Å². The zero-order valence-electron chi connectivity index (χ0n) is 16.2. The predicted molar refractivity (Wildman–Crippen MR) is 110 cm³/mol. The minimum Gasteiger partial charge on any atom is -0.482 e. The summed E-state index contributed by atoms with van der Waals surface area (Å²) in [6, 6.07) is 20.7. The largest absolute Gasteiger partial charge is 0.482 e. The van der Waals surface area contributed by atoms with Crippen LogP contribution < -0.4 is 0 Å². The summed E-state index contributed by atoms with van der Waals surface area (Å²) in [5.41, 5.74) is 5.68. The third kappa shape index (κ3) is 4.90. The number of hydrogen-bond acceptors (Lipinski definition) is 1. The van der Waals surface area contributed by atoms with Crippen LogP contribution in [0.3, 0.4) is 0 Å². The normalized spacial score (nSPS) is 22.5. The average Bonchev–Trinajstić information content (AvgIpc) is 2.66. The van der Waals surface area contributed by atoms with Gasteiger partial charge in [-0.25, -0.2) is 0 Å². The summed E-state index contributed by atoms with van der Waals surface area (Å²) < 4.78 is 6.62. The Morgan fingerprint density at radius 1 is 1.00 bits per heavy atom. The molecule has 0 aliphatic heterocycles. The molecule has 1 fully saturated rings. The van der Waals surface area contributed by atoms with Gasteiger partial charge in [0.05, 0.1) is 0 Å². The van der Waals surface area contributed by atoms with Crippen LogP contribution in [0.2, 0.25) is 0 Å². The first-order chi connectivity index (χ1) is 12.6. The molecule has 0 bridgehead atoms. The van der Waals surface area contributed by atoms with Crippen LogP contribution in [0, 0.1) is 17.8 Å². The lowest BCUT2D eigenvalue weighted by atomic mass is 9.75. The van der Waals surface area contributed by atoms with Gasteiger partial charge in [-0.1, -0.05) is 93.6 Å². The molecule has 0 amide bonds. The van der Waals surface area contributed by atoms with Gasteiger partial charge in [0.1, 0.15) is 6.10 Å². The second-order valence-corrected chi connectivity index (χ2v) is 7.88. The Bertz CT molecular complexity index is 738. The first kappa shape index (κ1) is 18.5. The first-order valence-electron chi connectivity index (χ1n) is 9.87. The summed E-state index contributed by atoms with van der Waals surface area (Å²) in [4.78, 5) is 0. The number of hydrogen-bond donors (Lipinski definition) is 0. The smallest absolute Gasteiger partial charge is 0.169 e. The molecule has 136 valence electrons. The molecular formula is C25H30O. The highest BCUT2D eigenvalue weighted by Crippen LogP contribution is 2.37. The highest BCUT2D eigenvalue weighted by molar-refractivity contribution is 5.64. The van der Waals surface area contributed by atoms with Crippen molar-refractivity contribution >= 4 is 11.8 Å². The number of ether oxygens (including phenoxy) is 1. The number of benzene rings is 2. The minimum atomic E-state index is 0.269. The first-order valence-corrected chi connectivity index (χ1v) is 9.87. The van der Waals surface area contributed by atoms with Crippen LogP contribution in [0.4, 0.5) is 0 Å². The van der Waals surface area contributed by atoms with Gasteiger partial charge in [0, 0.05) is 5.56 Å². The predicted octanol–water partition coefficient (Wildman–Crippen LogP) is 6.82. The fourth-order valence-electron chi connectivity index (χ4n) is 3.87. The molecule has 26 heavy (non-hydrogen) atoms. The maximum Gasteiger partial charge on any atom is 0.169 e. The van der Waals surface area contributed by atoms with E-state index in [1.54, 1.807) is 0 Å². The summed E-state index contributed by atoms with van der Waals surface area (Å²) in [5.74, 6) is 2.84. The summed E-state index contributed by atoms with van der Waals surface area (Å²) in [7, 11) is 0. The third-order valence-electron chi connectivity index (χ3n) is 5.44. The van der Waals surface area contributed by atoms with E-state index in [4.69, 9.17) is 4.74 Å². The molecule has 1 aliphatic carbocycles. The molecule has 1 aliphatic rings. The van der Waals surface area contributed by atoms with Gasteiger partial charge in [0.2, 0.25) is 0 Å². The Balaban J connectivity index is 1.92. The lowest BCUT2D eigenvalue weighted by Crippen LogP contribution is -2.33. The molecule has 2 aromatic carbocycles. The summed E-state index contributed by atoms with van der Waals surface area (Å²) >= 11 is 0. The van der Waals surface area contributed by atoms with Crippen LogP contribution >= 0.6 is 0 Å². The van der Waals surface area contributed by atoms with Crippen molar-refractivity contribution in [2.45, 2.75) is 46.1 Å². The van der Waals surface area contributed by atoms with Gasteiger partial charge in [0.25, 0.3) is 0 Å². The SMILES string of the molecule is CC(C)[C@@H]1CC[C@@H](C)C[C@H]1OC(=C=Cc1ccccc1)c1ccccc1. The molecule has 0 N–H and O–H groups in total. The Morgan fingerprint density at radius 2 is 1.65 bits per heavy atom. The summed E-state index contributed by atoms with van der Waals surface area (Å²) in [6.45, 7) is 6.99. The van der Waals surface area contributed by atoms with Crippen LogP contribution in [0.5, 0.6) is 0 Å². The van der Waals surface area contributed by atoms with E-state index in [-0.39, 0.29) is 6.10 Å². The van der Waals surface area contributed by atoms with Crippen LogP contribution in [-0.4, -0.2) is 6.10 Å². The van der Waals surface area contributed by atoms with E-state index in [0.717, 1.165) is 29.2 Å². The molecule has 1 saturated carbocycles. The van der Waals surface area contributed by atoms with E-state index in [2.05, 4.69) is 62.9 Å². The van der Waals surface area contributed by atoms with Crippen LogP contribution in [-0.2, 0) is 4.74 Å². The van der Waals surface area contributed by atoms with E-state index in [9.17, 15) is 0 Å². The zero-order valence-corrected chi connectivity index (χ0v) is 16.2. The van der Waals surface area contributed by atoms with Crippen molar-refractivity contribution in [3.05, 3.63) is 77.5 Å². The van der Waals surface area contributed by atoms with Crippen molar-refractivity contribution in [3.63, 3.8) is 0 Å². The minimum absolute atomic E-state index is 0.269. The molecule has 0 saturated heterocycles. The van der Waals surface area contributed by atoms with Gasteiger partial charge >= 0.3 is 0 Å².